The molecule has 0 aliphatic heterocycles. The van der Waals surface area contributed by atoms with Crippen LogP contribution < -0.4 is 144 Å². The molecular formula is C7H14FNNa4O6P2. The maximum Gasteiger partial charge on any atom is 1.00 e. The van der Waals surface area contributed by atoms with Crippen LogP contribution in [0.25, 0.3) is 0 Å². The summed E-state index contributed by atoms with van der Waals surface area (Å²) in [7, 11) is -12.3. The fraction of sp³-hybridized carbons (Fsp3) is 1.00. The summed E-state index contributed by atoms with van der Waals surface area (Å²) in [6.07, 6.45) is 0.142. The fourth-order valence-electron chi connectivity index (χ4n) is 1.27. The van der Waals surface area contributed by atoms with Crippen LogP contribution in [0, 0.1) is 0 Å². The van der Waals surface area contributed by atoms with Crippen LogP contribution in [0.3, 0.4) is 0 Å². The van der Waals surface area contributed by atoms with Crippen molar-refractivity contribution in [2.45, 2.75) is 37.3 Å². The van der Waals surface area contributed by atoms with Crippen LogP contribution in [0.5, 0.6) is 0 Å². The van der Waals surface area contributed by atoms with E-state index >= 15 is 0 Å². The molecule has 0 aliphatic rings. The Morgan fingerprint density at radius 2 is 1.14 bits per heavy atom. The summed E-state index contributed by atoms with van der Waals surface area (Å²) in [6.45, 7) is 0.393. The van der Waals surface area contributed by atoms with E-state index in [2.05, 4.69) is 0 Å². The topological polar surface area (TPSA) is 152 Å². The van der Waals surface area contributed by atoms with Crippen LogP contribution in [0.1, 0.15) is 32.1 Å². The number of rotatable bonds is 8. The molecule has 104 valence electrons. The van der Waals surface area contributed by atoms with E-state index in [-0.39, 0.29) is 125 Å². The number of alkyl halides is 1. The molecule has 0 aromatic heterocycles. The molecule has 0 amide bonds. The van der Waals surface area contributed by atoms with Gasteiger partial charge in [0.15, 0.2) is 5.15 Å². The average Bonchev–Trinajstić information content (AvgIpc) is 2.13. The van der Waals surface area contributed by atoms with E-state index in [4.69, 9.17) is 5.73 Å². The summed E-state index contributed by atoms with van der Waals surface area (Å²) in [5.74, 6) is 0. The van der Waals surface area contributed by atoms with E-state index in [0.29, 0.717) is 25.8 Å². The molecule has 0 fully saturated rings. The molecule has 21 heavy (non-hydrogen) atoms. The zero-order valence-electron chi connectivity index (χ0n) is 13.0. The minimum absolute atomic E-state index is 0. The molecule has 2 N–H and O–H groups in total. The first-order valence-corrected chi connectivity index (χ1v) is 8.08. The van der Waals surface area contributed by atoms with Gasteiger partial charge >= 0.3 is 118 Å². The number of unbranched alkanes of at least 4 members (excludes halogenated alkanes) is 3. The largest absolute Gasteiger partial charge is 1.00 e. The third-order valence-electron chi connectivity index (χ3n) is 2.29. The first-order valence-electron chi connectivity index (χ1n) is 4.99. The van der Waals surface area contributed by atoms with Crippen LogP contribution in [0.2, 0.25) is 0 Å². The Morgan fingerprint density at radius 3 is 1.43 bits per heavy atom. The van der Waals surface area contributed by atoms with Gasteiger partial charge in [-0.2, -0.15) is 0 Å². The standard InChI is InChI=1S/C7H18FNO6P2.4Na/c8-7(16(10,11)12,17(13,14)15)5-3-1-2-4-6-9;;;;/h1-6,9H2,(H2,10,11,12)(H2,13,14,15);;;;/q;4*+1/p-4. The minimum Gasteiger partial charge on any atom is -0.808 e. The Balaban J connectivity index is -0.000000213. The Labute approximate surface area is 212 Å². The molecule has 0 rings (SSSR count). The van der Waals surface area contributed by atoms with Crippen LogP contribution in [0.4, 0.5) is 4.39 Å². The second-order valence-electron chi connectivity index (χ2n) is 3.67. The van der Waals surface area contributed by atoms with Gasteiger partial charge in [-0.1, -0.05) is 12.8 Å². The van der Waals surface area contributed by atoms with E-state index in [1.165, 1.54) is 0 Å². The van der Waals surface area contributed by atoms with Crippen molar-refractivity contribution in [1.29, 1.82) is 0 Å². The van der Waals surface area contributed by atoms with Crippen molar-refractivity contribution in [2.24, 2.45) is 5.73 Å². The summed E-state index contributed by atoms with van der Waals surface area (Å²) >= 11 is 0. The molecular weight excluding hydrogens is 367 g/mol. The third-order valence-corrected chi connectivity index (χ3v) is 5.88. The summed E-state index contributed by atoms with van der Waals surface area (Å²) in [4.78, 5) is 42.1. The Kier molecular flexibility index (Phi) is 28.2. The van der Waals surface area contributed by atoms with Crippen molar-refractivity contribution in [2.75, 3.05) is 6.54 Å². The van der Waals surface area contributed by atoms with Gasteiger partial charge in [-0.05, 0) is 41.0 Å². The van der Waals surface area contributed by atoms with Gasteiger partial charge in [-0.25, -0.2) is 4.39 Å². The molecule has 0 radical (unpaired) electrons. The van der Waals surface area contributed by atoms with Crippen LogP contribution >= 0.6 is 15.2 Å². The average molecular weight is 381 g/mol. The van der Waals surface area contributed by atoms with E-state index < -0.39 is 26.8 Å². The fourth-order valence-corrected chi connectivity index (χ4v) is 3.34. The summed E-state index contributed by atoms with van der Waals surface area (Å²) in [5.41, 5.74) is 5.17. The second-order valence-corrected chi connectivity index (χ2v) is 7.43. The summed E-state index contributed by atoms with van der Waals surface area (Å²) in [6, 6.07) is 0. The quantitative estimate of drug-likeness (QED) is 0.249. The molecule has 0 spiro atoms. The van der Waals surface area contributed by atoms with Gasteiger partial charge in [0, 0.05) is 0 Å². The maximum atomic E-state index is 13.5. The van der Waals surface area contributed by atoms with Gasteiger partial charge in [0.25, 0.3) is 0 Å². The van der Waals surface area contributed by atoms with Gasteiger partial charge in [0.05, 0.1) is 0 Å². The molecule has 0 unspecified atom stereocenters. The molecule has 0 atom stereocenters. The van der Waals surface area contributed by atoms with Crippen molar-refractivity contribution in [1.82, 2.24) is 0 Å². The Hall–Kier alpha value is 4.19. The monoisotopic (exact) mass is 381 g/mol. The Bertz CT molecular complexity index is 319. The summed E-state index contributed by atoms with van der Waals surface area (Å²) < 4.78 is 34.6. The predicted octanol–water partition coefficient (Wildman–Crippen LogP) is -13.6. The zero-order chi connectivity index (χ0) is 13.7. The van der Waals surface area contributed by atoms with Gasteiger partial charge < -0.3 is 34.4 Å². The van der Waals surface area contributed by atoms with E-state index in [1.807, 2.05) is 0 Å². The van der Waals surface area contributed by atoms with Crippen molar-refractivity contribution in [3.05, 3.63) is 0 Å². The van der Waals surface area contributed by atoms with Gasteiger partial charge in [0.1, 0.15) is 0 Å². The van der Waals surface area contributed by atoms with Crippen molar-refractivity contribution in [3.8, 4) is 0 Å². The van der Waals surface area contributed by atoms with Gasteiger partial charge in [-0.15, -0.1) is 0 Å². The molecule has 7 nitrogen and oxygen atoms in total. The van der Waals surface area contributed by atoms with Crippen LogP contribution in [-0.2, 0) is 9.13 Å². The number of nitrogens with two attached hydrogens (primary N) is 1. The summed E-state index contributed by atoms with van der Waals surface area (Å²) in [5, 5.41) is -4.22. The molecule has 0 aromatic rings. The molecule has 0 aromatic carbocycles. The molecule has 0 saturated carbocycles. The van der Waals surface area contributed by atoms with E-state index in [9.17, 15) is 33.1 Å². The number of hydrogen-bond acceptors (Lipinski definition) is 7. The molecule has 0 saturated heterocycles. The SMILES string of the molecule is NCCCCCCC(F)(P(=O)([O-])[O-])P(=O)([O-])[O-].[Na+].[Na+].[Na+].[Na+]. The second kappa shape index (κ2) is 16.4. The normalized spacial score (nSPS) is 11.3. The Morgan fingerprint density at radius 1 is 0.810 bits per heavy atom. The first-order chi connectivity index (χ1) is 7.56. The van der Waals surface area contributed by atoms with Crippen molar-refractivity contribution in [3.63, 3.8) is 0 Å². The zero-order valence-corrected chi connectivity index (χ0v) is 22.8. The molecule has 0 bridgehead atoms. The van der Waals surface area contributed by atoms with Crippen molar-refractivity contribution >= 4 is 15.2 Å². The predicted molar refractivity (Wildman–Crippen MR) is 51.2 cm³/mol. The third kappa shape index (κ3) is 13.1. The smallest absolute Gasteiger partial charge is 0.808 e. The minimum atomic E-state index is -6.14. The molecule has 14 heteroatoms. The van der Waals surface area contributed by atoms with Crippen LogP contribution in [0.15, 0.2) is 0 Å². The first kappa shape index (κ1) is 36.2. The number of hydrogen-bond donors (Lipinski definition) is 1. The maximum absolute atomic E-state index is 13.5. The van der Waals surface area contributed by atoms with Crippen molar-refractivity contribution < 1.29 is 151 Å². The molecule has 0 aliphatic carbocycles. The van der Waals surface area contributed by atoms with E-state index in [1.54, 1.807) is 0 Å². The van der Waals surface area contributed by atoms with Crippen LogP contribution in [-0.4, -0.2) is 11.7 Å². The number of halogens is 1. The van der Waals surface area contributed by atoms with Gasteiger partial charge in [-0.3, -0.25) is 0 Å². The molecule has 0 heterocycles. The van der Waals surface area contributed by atoms with Gasteiger partial charge in [0.2, 0.25) is 0 Å². The van der Waals surface area contributed by atoms with E-state index in [0.717, 1.165) is 0 Å².